The number of anilines is 1. The quantitative estimate of drug-likeness (QED) is 0.256. The van der Waals surface area contributed by atoms with Crippen molar-refractivity contribution in [2.75, 3.05) is 11.9 Å². The second kappa shape index (κ2) is 9.81. The topological polar surface area (TPSA) is 58.4 Å². The van der Waals surface area contributed by atoms with Gasteiger partial charge in [0.2, 0.25) is 0 Å². The van der Waals surface area contributed by atoms with Crippen LogP contribution in [0.25, 0.3) is 10.9 Å². The molecule has 2 N–H and O–H groups in total. The smallest absolute Gasteiger partial charge is 0.259 e. The van der Waals surface area contributed by atoms with E-state index in [1.807, 2.05) is 72.9 Å². The minimum absolute atomic E-state index is 0.132. The monoisotopic (exact) mass is 494 g/mol. The van der Waals surface area contributed by atoms with E-state index in [-0.39, 0.29) is 12.5 Å². The summed E-state index contributed by atoms with van der Waals surface area (Å²) < 4.78 is 3.12. The molecule has 3 aromatic carbocycles. The zero-order valence-electron chi connectivity index (χ0n) is 16.6. The van der Waals surface area contributed by atoms with E-state index in [2.05, 4.69) is 42.4 Å². The highest BCUT2D eigenvalue weighted by atomic mass is 79.9. The molecule has 0 atom stereocenters. The third-order valence-corrected chi connectivity index (χ3v) is 5.71. The van der Waals surface area contributed by atoms with Crippen LogP contribution in [0.4, 0.5) is 5.69 Å². The lowest BCUT2D eigenvalue weighted by Crippen LogP contribution is -2.25. The molecular weight excluding hydrogens is 476 g/mol. The van der Waals surface area contributed by atoms with Crippen LogP contribution in [0.5, 0.6) is 0 Å². The molecule has 0 saturated heterocycles. The number of nitrogens with one attached hydrogen (secondary N) is 2. The van der Waals surface area contributed by atoms with E-state index in [1.54, 1.807) is 6.21 Å². The van der Waals surface area contributed by atoms with Crippen molar-refractivity contribution < 1.29 is 4.79 Å². The summed E-state index contributed by atoms with van der Waals surface area (Å²) in [7, 11) is 0. The Labute approximate surface area is 193 Å². The molecule has 0 aliphatic heterocycles. The number of aromatic nitrogens is 1. The summed E-state index contributed by atoms with van der Waals surface area (Å²) in [4.78, 5) is 12.1. The minimum Gasteiger partial charge on any atom is -0.376 e. The van der Waals surface area contributed by atoms with Crippen LogP contribution in [0.15, 0.2) is 88.6 Å². The number of rotatable bonds is 7. The number of benzene rings is 3. The van der Waals surface area contributed by atoms with E-state index in [0.29, 0.717) is 6.54 Å². The summed E-state index contributed by atoms with van der Waals surface area (Å²) in [6.45, 7) is 0.782. The third-order valence-electron chi connectivity index (χ3n) is 4.81. The Balaban J connectivity index is 1.44. The number of nitrogens with zero attached hydrogens (tertiary/aromatic N) is 2. The Morgan fingerprint density at radius 3 is 2.58 bits per heavy atom. The van der Waals surface area contributed by atoms with Crippen molar-refractivity contribution in [1.29, 1.82) is 0 Å². The minimum atomic E-state index is -0.223. The van der Waals surface area contributed by atoms with Gasteiger partial charge in [0.05, 0.1) is 12.8 Å². The lowest BCUT2D eigenvalue weighted by atomic mass is 10.2. The molecule has 0 aliphatic carbocycles. The molecule has 1 heterocycles. The van der Waals surface area contributed by atoms with E-state index in [4.69, 9.17) is 11.6 Å². The van der Waals surface area contributed by atoms with Crippen LogP contribution >= 0.6 is 27.5 Å². The Bertz CT molecular complexity index is 1230. The molecule has 156 valence electrons. The van der Waals surface area contributed by atoms with Gasteiger partial charge in [-0.2, -0.15) is 5.10 Å². The molecule has 0 aliphatic rings. The van der Waals surface area contributed by atoms with Crippen molar-refractivity contribution in [2.45, 2.75) is 6.54 Å². The zero-order chi connectivity index (χ0) is 21.6. The summed E-state index contributed by atoms with van der Waals surface area (Å²) >= 11 is 9.72. The molecule has 31 heavy (non-hydrogen) atoms. The molecular formula is C24H20BrClN4O. The highest BCUT2D eigenvalue weighted by molar-refractivity contribution is 9.10. The fourth-order valence-electron chi connectivity index (χ4n) is 3.28. The zero-order valence-corrected chi connectivity index (χ0v) is 18.9. The highest BCUT2D eigenvalue weighted by Gasteiger charge is 2.09. The van der Waals surface area contributed by atoms with Crippen molar-refractivity contribution in [1.82, 2.24) is 9.99 Å². The summed E-state index contributed by atoms with van der Waals surface area (Å²) in [5.74, 6) is -0.223. The summed E-state index contributed by atoms with van der Waals surface area (Å²) in [6, 6.07) is 23.5. The summed E-state index contributed by atoms with van der Waals surface area (Å²) in [5, 5.41) is 9.00. The molecule has 4 aromatic rings. The SMILES string of the molecule is O=C(CNc1ccc(Br)cc1)N/N=C\c1cn(Cc2ccccc2Cl)c2ccccc12. The molecule has 0 unspecified atom stereocenters. The third kappa shape index (κ3) is 5.34. The normalized spacial score (nSPS) is 11.2. The maximum absolute atomic E-state index is 12.1. The van der Waals surface area contributed by atoms with Crippen molar-refractivity contribution >= 4 is 56.2 Å². The van der Waals surface area contributed by atoms with Crippen LogP contribution in [0.1, 0.15) is 11.1 Å². The van der Waals surface area contributed by atoms with E-state index in [0.717, 1.165) is 37.2 Å². The van der Waals surface area contributed by atoms with Gasteiger partial charge in [0.25, 0.3) is 5.91 Å². The average molecular weight is 496 g/mol. The first kappa shape index (κ1) is 21.2. The fourth-order valence-corrected chi connectivity index (χ4v) is 3.74. The van der Waals surface area contributed by atoms with Crippen molar-refractivity contribution in [3.63, 3.8) is 0 Å². The molecule has 5 nitrogen and oxygen atoms in total. The summed E-state index contributed by atoms with van der Waals surface area (Å²) in [6.07, 6.45) is 3.69. The van der Waals surface area contributed by atoms with E-state index in [9.17, 15) is 4.79 Å². The van der Waals surface area contributed by atoms with Gasteiger partial charge < -0.3 is 9.88 Å². The number of hydrogen-bond acceptors (Lipinski definition) is 3. The number of hydrogen-bond donors (Lipinski definition) is 2. The maximum Gasteiger partial charge on any atom is 0.259 e. The van der Waals surface area contributed by atoms with Crippen molar-refractivity contribution in [3.8, 4) is 0 Å². The van der Waals surface area contributed by atoms with Crippen molar-refractivity contribution in [2.24, 2.45) is 5.10 Å². The molecule has 1 aromatic heterocycles. The highest BCUT2D eigenvalue weighted by Crippen LogP contribution is 2.23. The van der Waals surface area contributed by atoms with Gasteiger partial charge in [0.15, 0.2) is 0 Å². The van der Waals surface area contributed by atoms with Crippen LogP contribution in [0.2, 0.25) is 5.02 Å². The second-order valence-electron chi connectivity index (χ2n) is 6.97. The lowest BCUT2D eigenvalue weighted by molar-refractivity contribution is -0.119. The number of fused-ring (bicyclic) bond motifs is 1. The standard InChI is InChI=1S/C24H20BrClN4O/c25-19-9-11-20(12-10-19)27-14-24(31)29-28-13-18-16-30(23-8-4-2-6-21(18)23)15-17-5-1-3-7-22(17)26/h1-13,16,27H,14-15H2,(H,29,31)/b28-13-. The predicted molar refractivity (Wildman–Crippen MR) is 131 cm³/mol. The first-order valence-electron chi connectivity index (χ1n) is 9.73. The number of hydrazone groups is 1. The van der Waals surface area contributed by atoms with E-state index >= 15 is 0 Å². The number of carbonyl (C=O) groups excluding carboxylic acids is 1. The Morgan fingerprint density at radius 2 is 1.77 bits per heavy atom. The lowest BCUT2D eigenvalue weighted by Gasteiger charge is -2.07. The van der Waals surface area contributed by atoms with Gasteiger partial charge in [0.1, 0.15) is 0 Å². The van der Waals surface area contributed by atoms with Gasteiger partial charge in [-0.05, 0) is 42.0 Å². The molecule has 0 radical (unpaired) electrons. The van der Waals surface area contributed by atoms with E-state index in [1.165, 1.54) is 0 Å². The largest absolute Gasteiger partial charge is 0.376 e. The van der Waals surface area contributed by atoms with Crippen molar-refractivity contribution in [3.05, 3.63) is 99.6 Å². The Morgan fingerprint density at radius 1 is 1.03 bits per heavy atom. The number of carbonyl (C=O) groups is 1. The molecule has 0 bridgehead atoms. The maximum atomic E-state index is 12.1. The van der Waals surface area contributed by atoms with Crippen LogP contribution in [-0.4, -0.2) is 23.2 Å². The second-order valence-corrected chi connectivity index (χ2v) is 8.30. The molecule has 0 spiro atoms. The molecule has 0 saturated carbocycles. The Kier molecular flexibility index (Phi) is 6.70. The van der Waals surface area contributed by atoms with E-state index < -0.39 is 0 Å². The van der Waals surface area contributed by atoms with Gasteiger partial charge in [-0.1, -0.05) is 63.9 Å². The average Bonchev–Trinajstić information content (AvgIpc) is 3.12. The van der Waals surface area contributed by atoms with Crippen LogP contribution < -0.4 is 10.7 Å². The predicted octanol–water partition coefficient (Wildman–Crippen LogP) is 5.67. The van der Waals surface area contributed by atoms with Gasteiger partial charge >= 0.3 is 0 Å². The first-order valence-corrected chi connectivity index (χ1v) is 10.9. The van der Waals surface area contributed by atoms with Gasteiger partial charge in [-0.25, -0.2) is 5.43 Å². The Hall–Kier alpha value is -3.09. The summed E-state index contributed by atoms with van der Waals surface area (Å²) in [5.41, 5.74) is 6.48. The van der Waals surface area contributed by atoms with Gasteiger partial charge in [-0.15, -0.1) is 0 Å². The van der Waals surface area contributed by atoms with Crippen LogP contribution in [-0.2, 0) is 11.3 Å². The first-order chi connectivity index (χ1) is 15.1. The van der Waals surface area contributed by atoms with Gasteiger partial charge in [0, 0.05) is 44.4 Å². The molecule has 4 rings (SSSR count). The molecule has 7 heteroatoms. The number of amides is 1. The molecule has 0 fully saturated rings. The van der Waals surface area contributed by atoms with Gasteiger partial charge in [-0.3, -0.25) is 4.79 Å². The molecule has 1 amide bonds. The van der Waals surface area contributed by atoms with Crippen LogP contribution in [0.3, 0.4) is 0 Å². The number of halogens is 2. The fraction of sp³-hybridized carbons (Fsp3) is 0.0833. The number of para-hydroxylation sites is 1. The van der Waals surface area contributed by atoms with Crippen LogP contribution in [0, 0.1) is 0 Å².